The summed E-state index contributed by atoms with van der Waals surface area (Å²) in [5.74, 6) is 0.00101. The molecule has 0 saturated carbocycles. The molecule has 0 spiro atoms. The minimum absolute atomic E-state index is 0.00489. The first-order valence-corrected chi connectivity index (χ1v) is 23.4. The molecule has 0 aromatic carbocycles. The van der Waals surface area contributed by atoms with Crippen molar-refractivity contribution in [2.24, 2.45) is 5.92 Å². The number of carbonyl (C=O) groups is 3. The summed E-state index contributed by atoms with van der Waals surface area (Å²) in [5.41, 5.74) is -0.584. The molecule has 0 fully saturated rings. The van der Waals surface area contributed by atoms with E-state index >= 15 is 0 Å². The first kappa shape index (κ1) is 56.2. The van der Waals surface area contributed by atoms with Gasteiger partial charge in [0, 0.05) is 39.5 Å². The van der Waals surface area contributed by atoms with Crippen LogP contribution in [0, 0.1) is 5.92 Å². The third-order valence-electron chi connectivity index (χ3n) is 10.2. The van der Waals surface area contributed by atoms with Crippen LogP contribution in [0.15, 0.2) is 0 Å². The number of amides is 1. The fourth-order valence-corrected chi connectivity index (χ4v) is 6.49. The Morgan fingerprint density at radius 3 is 1.36 bits per heavy atom. The van der Waals surface area contributed by atoms with Gasteiger partial charge < -0.3 is 29.4 Å². The Kier molecular flexibility index (Phi) is 42.9. The van der Waals surface area contributed by atoms with Gasteiger partial charge in [-0.25, -0.2) is 4.79 Å². The van der Waals surface area contributed by atoms with Crippen molar-refractivity contribution in [2.45, 2.75) is 246 Å². The number of ether oxygens (including phenoxy) is 4. The molecule has 9 heteroatoms. The molecule has 1 amide bonds. The van der Waals surface area contributed by atoms with Gasteiger partial charge in [0.2, 0.25) is 0 Å². The SMILES string of the molecule is CCCCCCCCCCCCCCCC(=O)OCC(CCNC(=O)OCC(C)(C)OCCC(C)C)OC(=O)CCCCCCCCCCCCCCC.CO. The van der Waals surface area contributed by atoms with Crippen LogP contribution in [-0.4, -0.2) is 68.3 Å². The first-order valence-electron chi connectivity index (χ1n) is 23.4. The maximum Gasteiger partial charge on any atom is 0.407 e. The van der Waals surface area contributed by atoms with Gasteiger partial charge in [0.1, 0.15) is 19.3 Å². The van der Waals surface area contributed by atoms with Crippen molar-refractivity contribution >= 4 is 18.0 Å². The van der Waals surface area contributed by atoms with Crippen LogP contribution in [0.3, 0.4) is 0 Å². The zero-order valence-corrected chi connectivity index (χ0v) is 38.0. The van der Waals surface area contributed by atoms with Crippen molar-refractivity contribution in [3.63, 3.8) is 0 Å². The highest BCUT2D eigenvalue weighted by Crippen LogP contribution is 2.16. The second kappa shape index (κ2) is 42.7. The lowest BCUT2D eigenvalue weighted by atomic mass is 10.0. The highest BCUT2D eigenvalue weighted by Gasteiger charge is 2.22. The molecule has 0 aliphatic heterocycles. The number of nitrogens with one attached hydrogen (secondary N) is 1. The Labute approximate surface area is 346 Å². The maximum absolute atomic E-state index is 12.8. The third-order valence-corrected chi connectivity index (χ3v) is 10.2. The largest absolute Gasteiger partial charge is 0.462 e. The van der Waals surface area contributed by atoms with Crippen molar-refractivity contribution in [3.05, 3.63) is 0 Å². The van der Waals surface area contributed by atoms with Crippen molar-refractivity contribution in [1.82, 2.24) is 5.32 Å². The van der Waals surface area contributed by atoms with Gasteiger partial charge in [-0.1, -0.05) is 182 Å². The average Bonchev–Trinajstić information content (AvgIpc) is 3.17. The zero-order chi connectivity index (χ0) is 42.0. The van der Waals surface area contributed by atoms with E-state index in [1.165, 1.54) is 128 Å². The molecule has 56 heavy (non-hydrogen) atoms. The number of hydrogen-bond donors (Lipinski definition) is 2. The van der Waals surface area contributed by atoms with Gasteiger partial charge in [0.05, 0.1) is 5.60 Å². The fraction of sp³-hybridized carbons (Fsp3) is 0.936. The summed E-state index contributed by atoms with van der Waals surface area (Å²) in [5, 5.41) is 9.75. The molecule has 0 radical (unpaired) electrons. The Bertz CT molecular complexity index is 865. The van der Waals surface area contributed by atoms with E-state index in [2.05, 4.69) is 33.0 Å². The molecule has 2 N–H and O–H groups in total. The van der Waals surface area contributed by atoms with Crippen LogP contribution in [0.25, 0.3) is 0 Å². The standard InChI is InChI=1S/C46H89NO7.CH4O/c1-7-9-11-13-15-17-19-21-23-25-27-29-31-33-43(48)51-39-42(35-37-47-45(50)52-40-46(5,6)53-38-36-41(3)4)54-44(49)34-32-30-28-26-24-22-20-18-16-14-12-10-8-2;1-2/h41-42H,7-40H2,1-6H3,(H,47,50);2H,1H3. The number of aliphatic hydroxyl groups excluding tert-OH is 1. The molecule has 334 valence electrons. The number of rotatable bonds is 40. The van der Waals surface area contributed by atoms with Crippen molar-refractivity contribution in [3.8, 4) is 0 Å². The Hall–Kier alpha value is -1.87. The topological polar surface area (TPSA) is 120 Å². The van der Waals surface area contributed by atoms with E-state index in [1.807, 2.05) is 13.8 Å². The normalized spacial score (nSPS) is 11.9. The van der Waals surface area contributed by atoms with Gasteiger partial charge in [-0.05, 0) is 39.0 Å². The zero-order valence-electron chi connectivity index (χ0n) is 38.0. The van der Waals surface area contributed by atoms with Crippen LogP contribution in [-0.2, 0) is 28.5 Å². The smallest absolute Gasteiger partial charge is 0.407 e. The van der Waals surface area contributed by atoms with Crippen molar-refractivity contribution in [2.75, 3.05) is 33.5 Å². The molecule has 0 aliphatic carbocycles. The van der Waals surface area contributed by atoms with Gasteiger partial charge in [0.15, 0.2) is 0 Å². The Balaban J connectivity index is 0. The van der Waals surface area contributed by atoms with Crippen molar-refractivity contribution in [1.29, 1.82) is 0 Å². The minimum Gasteiger partial charge on any atom is -0.462 e. The molecule has 0 saturated heterocycles. The second-order valence-corrected chi connectivity index (χ2v) is 16.9. The van der Waals surface area contributed by atoms with Crippen LogP contribution >= 0.6 is 0 Å². The summed E-state index contributed by atoms with van der Waals surface area (Å²) < 4.78 is 22.6. The van der Waals surface area contributed by atoms with Gasteiger partial charge in [0.25, 0.3) is 0 Å². The molecule has 1 atom stereocenters. The Morgan fingerprint density at radius 2 is 0.946 bits per heavy atom. The molecular formula is C47H93NO8. The quantitative estimate of drug-likeness (QED) is 0.0357. The molecule has 0 aromatic rings. The Morgan fingerprint density at radius 1 is 0.554 bits per heavy atom. The highest BCUT2D eigenvalue weighted by molar-refractivity contribution is 5.70. The number of unbranched alkanes of at least 4 members (excludes halogenated alkanes) is 24. The molecule has 0 bridgehead atoms. The van der Waals surface area contributed by atoms with Gasteiger partial charge in [-0.15, -0.1) is 0 Å². The molecule has 1 unspecified atom stereocenters. The third kappa shape index (κ3) is 43.3. The molecule has 0 heterocycles. The summed E-state index contributed by atoms with van der Waals surface area (Å²) in [6, 6.07) is 0. The van der Waals surface area contributed by atoms with Crippen LogP contribution in [0.2, 0.25) is 0 Å². The minimum atomic E-state index is -0.619. The molecular weight excluding hydrogens is 707 g/mol. The van der Waals surface area contributed by atoms with E-state index in [0.29, 0.717) is 31.8 Å². The van der Waals surface area contributed by atoms with Gasteiger partial charge in [-0.2, -0.15) is 0 Å². The van der Waals surface area contributed by atoms with E-state index in [9.17, 15) is 14.4 Å². The lowest BCUT2D eigenvalue weighted by molar-refractivity contribution is -0.159. The average molecular weight is 800 g/mol. The molecule has 0 aliphatic rings. The molecule has 0 rings (SSSR count). The lowest BCUT2D eigenvalue weighted by Crippen LogP contribution is -2.37. The summed E-state index contributed by atoms with van der Waals surface area (Å²) in [7, 11) is 1.00. The van der Waals surface area contributed by atoms with Crippen LogP contribution in [0.4, 0.5) is 4.79 Å². The maximum atomic E-state index is 12.8. The summed E-state index contributed by atoms with van der Waals surface area (Å²) in [6.07, 6.45) is 33.3. The van der Waals surface area contributed by atoms with Crippen molar-refractivity contribution < 1.29 is 38.4 Å². The van der Waals surface area contributed by atoms with Crippen LogP contribution in [0.5, 0.6) is 0 Å². The van der Waals surface area contributed by atoms with Crippen LogP contribution < -0.4 is 5.32 Å². The molecule has 9 nitrogen and oxygen atoms in total. The number of carbonyl (C=O) groups excluding carboxylic acids is 3. The second-order valence-electron chi connectivity index (χ2n) is 16.9. The number of esters is 2. The van der Waals surface area contributed by atoms with E-state index in [0.717, 1.165) is 52.1 Å². The van der Waals surface area contributed by atoms with Gasteiger partial charge in [-0.3, -0.25) is 9.59 Å². The van der Waals surface area contributed by atoms with E-state index < -0.39 is 17.8 Å². The molecule has 0 aromatic heterocycles. The lowest BCUT2D eigenvalue weighted by Gasteiger charge is -2.25. The predicted molar refractivity (Wildman–Crippen MR) is 233 cm³/mol. The monoisotopic (exact) mass is 800 g/mol. The fourth-order valence-electron chi connectivity index (χ4n) is 6.49. The first-order chi connectivity index (χ1) is 27.1. The number of alkyl carbamates (subject to hydrolysis) is 1. The number of hydrogen-bond acceptors (Lipinski definition) is 8. The number of aliphatic hydroxyl groups is 1. The highest BCUT2D eigenvalue weighted by atomic mass is 16.6. The summed E-state index contributed by atoms with van der Waals surface area (Å²) >= 11 is 0. The summed E-state index contributed by atoms with van der Waals surface area (Å²) in [6.45, 7) is 13.6. The van der Waals surface area contributed by atoms with Crippen LogP contribution in [0.1, 0.15) is 234 Å². The summed E-state index contributed by atoms with van der Waals surface area (Å²) in [4.78, 5) is 37.7. The van der Waals surface area contributed by atoms with E-state index in [4.69, 9.17) is 24.1 Å². The van der Waals surface area contributed by atoms with E-state index in [-0.39, 0.29) is 31.7 Å². The van der Waals surface area contributed by atoms with Gasteiger partial charge >= 0.3 is 18.0 Å². The predicted octanol–water partition coefficient (Wildman–Crippen LogP) is 13.0. The van der Waals surface area contributed by atoms with E-state index in [1.54, 1.807) is 0 Å².